The topological polar surface area (TPSA) is 478 Å². The molecule has 0 aromatic heterocycles. The highest BCUT2D eigenvalue weighted by Gasteiger charge is 2.76. The van der Waals surface area contributed by atoms with E-state index in [1.54, 1.807) is 0 Å². The van der Waals surface area contributed by atoms with E-state index in [0.29, 0.717) is 0 Å². The van der Waals surface area contributed by atoms with Gasteiger partial charge in [-0.15, -0.1) is 0 Å². The van der Waals surface area contributed by atoms with E-state index in [1.165, 1.54) is 0 Å². The third-order valence-corrected chi connectivity index (χ3v) is 5.18. The van der Waals surface area contributed by atoms with Gasteiger partial charge in [-0.05, 0) is 54.5 Å². The smallest absolute Gasteiger partial charge is 0.357 e. The molecule has 0 radical (unpaired) electrons. The zero-order chi connectivity index (χ0) is 31.8. The highest BCUT2D eigenvalue weighted by atomic mass is 16.7. The lowest BCUT2D eigenvalue weighted by molar-refractivity contribution is -0.202. The zero-order valence-electron chi connectivity index (χ0n) is 19.6. The summed E-state index contributed by atoms with van der Waals surface area (Å²) in [5.74, 6) is -11.8. The fraction of sp³-hybridized carbons (Fsp3) is 0.250. The second-order valence-corrected chi connectivity index (χ2v) is 6.83. The Kier molecular flexibility index (Phi) is 7.77. The molecule has 0 saturated heterocycles. The molecule has 0 aliphatic carbocycles. The number of amides is 1. The summed E-state index contributed by atoms with van der Waals surface area (Å²) in [7, 11) is 0. The Labute approximate surface area is 228 Å². The number of hydrogen-bond donors (Lipinski definition) is 0. The molecule has 1 unspecified atom stereocenters. The summed E-state index contributed by atoms with van der Waals surface area (Å²) in [5.41, 5.74) is 60.6. The monoisotopic (exact) mass is 592 g/mol. The average Bonchev–Trinajstić information content (AvgIpc) is 2.97. The van der Waals surface area contributed by atoms with Crippen molar-refractivity contribution in [2.75, 3.05) is 0 Å². The molecule has 43 heavy (non-hydrogen) atoms. The molecule has 31 heteroatoms. The molecule has 0 fully saturated rings. The van der Waals surface area contributed by atoms with E-state index in [0.717, 1.165) is 0 Å². The SMILES string of the molecule is [N-]=[N+]=NOC(=O)c1c2c(C(=O)N=[N+]=[N-])c(C(=O)ON=[N+]=[N-])c3c1OC(N=[N+]=[N-])(O2)C(N=[N+]=[N-])(N=[N+]=[N-])C3(N=[N+]=[N-])N=[N+]=[N-]. The maximum Gasteiger partial charge on any atom is 0.357 e. The van der Waals surface area contributed by atoms with Crippen molar-refractivity contribution in [2.45, 2.75) is 17.2 Å². The number of azide groups is 6. The standard InChI is InChI=1S/C12N24O7/c13-27-21-7(37)2-1(8(38)42-35-33-19)4-6-3(9(39)43-36-34-20)5(2)40-12(41-6,26-32-18)11(24-30-16,25-31-17)10(4,22-28-14)23-29-15. The van der Waals surface area contributed by atoms with Crippen molar-refractivity contribution in [3.8, 4) is 11.5 Å². The van der Waals surface area contributed by atoms with Crippen LogP contribution in [-0.2, 0) is 15.3 Å². The van der Waals surface area contributed by atoms with Crippen LogP contribution in [0.3, 0.4) is 0 Å². The zero-order valence-corrected chi connectivity index (χ0v) is 19.6. The Morgan fingerprint density at radius 1 is 0.581 bits per heavy atom. The highest BCUT2D eigenvalue weighted by Crippen LogP contribution is 2.64. The van der Waals surface area contributed by atoms with Gasteiger partial charge in [0.25, 0.3) is 5.91 Å². The number of carbonyl (C=O) groups excluding carboxylic acids is 3. The number of ether oxygens (including phenoxy) is 2. The summed E-state index contributed by atoms with van der Waals surface area (Å²) in [6.07, 6.45) is 0. The van der Waals surface area contributed by atoms with Gasteiger partial charge in [0, 0.05) is 44.9 Å². The van der Waals surface area contributed by atoms with E-state index < -0.39 is 68.8 Å². The molecule has 1 aromatic rings. The molecule has 2 heterocycles. The van der Waals surface area contributed by atoms with Gasteiger partial charge in [0.15, 0.2) is 11.4 Å². The van der Waals surface area contributed by atoms with Gasteiger partial charge in [0.1, 0.15) is 21.9 Å². The Morgan fingerprint density at radius 2 is 1.07 bits per heavy atom. The molecule has 2 aliphatic rings. The Bertz CT molecular complexity index is 1860. The second kappa shape index (κ2) is 11.3. The highest BCUT2D eigenvalue weighted by molar-refractivity contribution is 6.13. The summed E-state index contributed by atoms with van der Waals surface area (Å²) < 4.78 is 10.8. The van der Waals surface area contributed by atoms with Crippen molar-refractivity contribution < 1.29 is 33.5 Å². The molecule has 0 saturated carbocycles. The number of fused-ring (bicyclic) bond motifs is 2. The van der Waals surface area contributed by atoms with Gasteiger partial charge in [-0.2, -0.15) is 0 Å². The van der Waals surface area contributed by atoms with Crippen molar-refractivity contribution in [3.05, 3.63) is 106 Å². The first-order valence-corrected chi connectivity index (χ1v) is 9.74. The van der Waals surface area contributed by atoms with Crippen LogP contribution in [0.4, 0.5) is 0 Å². The van der Waals surface area contributed by atoms with Gasteiger partial charge >= 0.3 is 17.8 Å². The Morgan fingerprint density at radius 3 is 1.53 bits per heavy atom. The predicted octanol–water partition coefficient (Wildman–Crippen LogP) is 5.74. The number of benzene rings is 1. The van der Waals surface area contributed by atoms with E-state index in [4.69, 9.17) is 26.1 Å². The maximum absolute atomic E-state index is 13.2. The Balaban J connectivity index is 2.96. The van der Waals surface area contributed by atoms with E-state index in [-0.39, 0.29) is 0 Å². The minimum Gasteiger partial charge on any atom is -0.445 e. The summed E-state index contributed by atoms with van der Waals surface area (Å²) in [5, 5.41) is 23.7. The lowest BCUT2D eigenvalue weighted by atomic mass is 9.75. The van der Waals surface area contributed by atoms with E-state index >= 15 is 0 Å². The van der Waals surface area contributed by atoms with Crippen LogP contribution in [0, 0.1) is 0 Å². The summed E-state index contributed by atoms with van der Waals surface area (Å²) in [6.45, 7) is 0. The van der Waals surface area contributed by atoms with Crippen molar-refractivity contribution in [2.24, 2.45) is 41.2 Å². The third kappa shape index (κ3) is 4.00. The summed E-state index contributed by atoms with van der Waals surface area (Å²) in [4.78, 5) is 66.4. The van der Waals surface area contributed by atoms with Crippen LogP contribution in [0.2, 0.25) is 0 Å². The van der Waals surface area contributed by atoms with Gasteiger partial charge in [-0.3, -0.25) is 4.79 Å². The van der Waals surface area contributed by atoms with Crippen molar-refractivity contribution in [1.29, 1.82) is 0 Å². The minimum atomic E-state index is -3.65. The molecule has 2 aliphatic heterocycles. The van der Waals surface area contributed by atoms with E-state index in [2.05, 4.69) is 90.2 Å². The molecule has 0 N–H and O–H groups in total. The predicted molar refractivity (Wildman–Crippen MR) is 123 cm³/mol. The molecule has 1 atom stereocenters. The minimum absolute atomic E-state index is 1.22. The number of carbonyl (C=O) groups is 3. The molecular weight excluding hydrogens is 592 g/mol. The van der Waals surface area contributed by atoms with Crippen molar-refractivity contribution in [1.82, 2.24) is 0 Å². The first-order chi connectivity index (χ1) is 20.7. The summed E-state index contributed by atoms with van der Waals surface area (Å²) in [6, 6.07) is 0. The number of nitrogens with zero attached hydrogens (tertiary/aromatic N) is 24. The van der Waals surface area contributed by atoms with Crippen LogP contribution in [-0.4, -0.2) is 29.4 Å². The number of rotatable bonds is 10. The van der Waals surface area contributed by atoms with Crippen LogP contribution in [0.5, 0.6) is 11.5 Å². The quantitative estimate of drug-likeness (QED) is 0.140. The lowest BCUT2D eigenvalue weighted by Gasteiger charge is -2.55. The molecule has 210 valence electrons. The molecular formula is C12N24O7. The largest absolute Gasteiger partial charge is 0.445 e. The van der Waals surface area contributed by atoms with Crippen LogP contribution >= 0.6 is 0 Å². The van der Waals surface area contributed by atoms with Gasteiger partial charge in [0.05, 0.1) is 11.1 Å². The van der Waals surface area contributed by atoms with Crippen LogP contribution < -0.4 is 9.47 Å². The second-order valence-electron chi connectivity index (χ2n) is 6.83. The van der Waals surface area contributed by atoms with E-state index in [1.807, 2.05) is 0 Å². The maximum atomic E-state index is 13.2. The molecule has 3 bridgehead atoms. The molecule has 1 amide bonds. The number of hydrogen-bond acceptors (Lipinski definition) is 14. The molecule has 3 rings (SSSR count). The average molecular weight is 592 g/mol. The molecule has 31 nitrogen and oxygen atoms in total. The first kappa shape index (κ1) is 29.5. The summed E-state index contributed by atoms with van der Waals surface area (Å²) >= 11 is 0. The fourth-order valence-corrected chi connectivity index (χ4v) is 3.94. The van der Waals surface area contributed by atoms with Crippen molar-refractivity contribution >= 4 is 17.8 Å². The lowest BCUT2D eigenvalue weighted by Crippen LogP contribution is -2.71. The van der Waals surface area contributed by atoms with Crippen LogP contribution in [0.15, 0.2) is 41.2 Å². The fourth-order valence-electron chi connectivity index (χ4n) is 3.94. The molecule has 1 aromatic carbocycles. The van der Waals surface area contributed by atoms with Crippen molar-refractivity contribution in [3.63, 3.8) is 0 Å². The van der Waals surface area contributed by atoms with Crippen LogP contribution in [0.25, 0.3) is 83.5 Å². The Hall–Kier alpha value is -8.09. The van der Waals surface area contributed by atoms with Gasteiger partial charge < -0.3 is 19.1 Å². The molecule has 0 spiro atoms. The van der Waals surface area contributed by atoms with Gasteiger partial charge in [-0.25, -0.2) is 9.59 Å². The van der Waals surface area contributed by atoms with E-state index in [9.17, 15) is 42.0 Å². The van der Waals surface area contributed by atoms with Gasteiger partial charge in [0.2, 0.25) is 5.66 Å². The first-order valence-electron chi connectivity index (χ1n) is 9.74. The van der Waals surface area contributed by atoms with Gasteiger partial charge in [-0.1, -0.05) is 20.5 Å². The van der Waals surface area contributed by atoms with Crippen LogP contribution in [0.1, 0.15) is 36.6 Å². The third-order valence-electron chi connectivity index (χ3n) is 5.18. The normalized spacial score (nSPS) is 21.0.